The highest BCUT2D eigenvalue weighted by Crippen LogP contribution is 2.28. The van der Waals surface area contributed by atoms with Gasteiger partial charge in [0.25, 0.3) is 0 Å². The Bertz CT molecular complexity index is 730. The van der Waals surface area contributed by atoms with Crippen molar-refractivity contribution in [2.45, 2.75) is 25.8 Å². The highest BCUT2D eigenvalue weighted by Gasteiger charge is 2.34. The van der Waals surface area contributed by atoms with E-state index >= 15 is 0 Å². The lowest BCUT2D eigenvalue weighted by molar-refractivity contribution is -0.137. The predicted octanol–water partition coefficient (Wildman–Crippen LogP) is 3.13. The Labute approximate surface area is 147 Å². The van der Waals surface area contributed by atoms with Crippen LogP contribution < -0.4 is 4.74 Å². The quantitative estimate of drug-likeness (QED) is 0.839. The molecule has 2 aromatic rings. The maximum absolute atomic E-state index is 13.6. The molecular formula is C20H24FNO3. The Morgan fingerprint density at radius 2 is 1.92 bits per heavy atom. The zero-order valence-electron chi connectivity index (χ0n) is 14.8. The Kier molecular flexibility index (Phi) is 6.15. The SMILES string of the molecule is COc1ccccc1CN(CCO)C(=O)C(C)(C)c1cccc(F)c1. The summed E-state index contributed by atoms with van der Waals surface area (Å²) in [5.74, 6) is 0.122. The molecule has 0 radical (unpaired) electrons. The van der Waals surface area contributed by atoms with Crippen molar-refractivity contribution in [1.82, 2.24) is 4.90 Å². The lowest BCUT2D eigenvalue weighted by Crippen LogP contribution is -2.44. The van der Waals surface area contributed by atoms with Crippen molar-refractivity contribution in [2.24, 2.45) is 0 Å². The van der Waals surface area contributed by atoms with Gasteiger partial charge in [0.05, 0.1) is 19.1 Å². The number of amides is 1. The van der Waals surface area contributed by atoms with E-state index in [0.717, 1.165) is 5.56 Å². The summed E-state index contributed by atoms with van der Waals surface area (Å²) in [5, 5.41) is 9.39. The van der Waals surface area contributed by atoms with Gasteiger partial charge in [0.15, 0.2) is 0 Å². The standard InChI is InChI=1S/C20H24FNO3/c1-20(2,16-8-6-9-17(21)13-16)19(24)22(11-12-23)14-15-7-4-5-10-18(15)25-3/h4-10,13,23H,11-12,14H2,1-3H3. The number of hydrogen-bond acceptors (Lipinski definition) is 3. The number of aliphatic hydroxyl groups is 1. The second-order valence-electron chi connectivity index (χ2n) is 6.40. The third-order valence-electron chi connectivity index (χ3n) is 4.29. The van der Waals surface area contributed by atoms with Gasteiger partial charge < -0.3 is 14.7 Å². The van der Waals surface area contributed by atoms with Crippen molar-refractivity contribution in [1.29, 1.82) is 0 Å². The summed E-state index contributed by atoms with van der Waals surface area (Å²) in [6.45, 7) is 3.87. The Hall–Kier alpha value is -2.40. The molecule has 0 saturated heterocycles. The lowest BCUT2D eigenvalue weighted by Gasteiger charge is -2.32. The van der Waals surface area contributed by atoms with Crippen molar-refractivity contribution in [3.05, 3.63) is 65.5 Å². The zero-order valence-corrected chi connectivity index (χ0v) is 14.8. The Morgan fingerprint density at radius 3 is 2.56 bits per heavy atom. The molecule has 1 amide bonds. The number of benzene rings is 2. The van der Waals surface area contributed by atoms with Gasteiger partial charge in [0.2, 0.25) is 5.91 Å². The molecule has 0 spiro atoms. The normalized spacial score (nSPS) is 11.2. The zero-order chi connectivity index (χ0) is 18.4. The van der Waals surface area contributed by atoms with Crippen LogP contribution in [-0.4, -0.2) is 36.2 Å². The number of ether oxygens (including phenoxy) is 1. The van der Waals surface area contributed by atoms with Crippen molar-refractivity contribution in [3.8, 4) is 5.75 Å². The summed E-state index contributed by atoms with van der Waals surface area (Å²) in [6.07, 6.45) is 0. The van der Waals surface area contributed by atoms with Crippen LogP contribution >= 0.6 is 0 Å². The topological polar surface area (TPSA) is 49.8 Å². The van der Waals surface area contributed by atoms with E-state index in [9.17, 15) is 14.3 Å². The number of carbonyl (C=O) groups excluding carboxylic acids is 1. The van der Waals surface area contributed by atoms with Gasteiger partial charge in [-0.25, -0.2) is 4.39 Å². The largest absolute Gasteiger partial charge is 0.496 e. The van der Waals surface area contributed by atoms with Crippen molar-refractivity contribution in [2.75, 3.05) is 20.3 Å². The van der Waals surface area contributed by atoms with Crippen molar-refractivity contribution < 1.29 is 19.0 Å². The third-order valence-corrected chi connectivity index (χ3v) is 4.29. The van der Waals surface area contributed by atoms with Gasteiger partial charge >= 0.3 is 0 Å². The van der Waals surface area contributed by atoms with E-state index in [1.54, 1.807) is 38.0 Å². The van der Waals surface area contributed by atoms with E-state index in [1.807, 2.05) is 24.3 Å². The van der Waals surface area contributed by atoms with E-state index in [4.69, 9.17) is 4.74 Å². The average molecular weight is 345 g/mol. The van der Waals surface area contributed by atoms with E-state index in [2.05, 4.69) is 0 Å². The number of carbonyl (C=O) groups is 1. The van der Waals surface area contributed by atoms with Crippen LogP contribution in [0.3, 0.4) is 0 Å². The van der Waals surface area contributed by atoms with Crippen molar-refractivity contribution in [3.63, 3.8) is 0 Å². The first-order valence-corrected chi connectivity index (χ1v) is 8.18. The van der Waals surface area contributed by atoms with Gasteiger partial charge in [-0.05, 0) is 37.6 Å². The molecule has 1 N–H and O–H groups in total. The highest BCUT2D eigenvalue weighted by atomic mass is 19.1. The van der Waals surface area contributed by atoms with E-state index in [-0.39, 0.29) is 24.9 Å². The Morgan fingerprint density at radius 1 is 1.20 bits per heavy atom. The molecule has 0 aliphatic rings. The fourth-order valence-electron chi connectivity index (χ4n) is 2.81. The molecule has 134 valence electrons. The van der Waals surface area contributed by atoms with E-state index < -0.39 is 5.41 Å². The lowest BCUT2D eigenvalue weighted by atomic mass is 9.83. The van der Waals surface area contributed by atoms with Crippen LogP contribution in [0.15, 0.2) is 48.5 Å². The van der Waals surface area contributed by atoms with Crippen LogP contribution in [0.5, 0.6) is 5.75 Å². The molecule has 5 heteroatoms. The van der Waals surface area contributed by atoms with Crippen LogP contribution in [0.4, 0.5) is 4.39 Å². The van der Waals surface area contributed by atoms with Gasteiger partial charge in [-0.3, -0.25) is 4.79 Å². The number of nitrogens with zero attached hydrogens (tertiary/aromatic N) is 1. The monoisotopic (exact) mass is 345 g/mol. The molecule has 2 aromatic carbocycles. The van der Waals surface area contributed by atoms with Crippen LogP contribution in [-0.2, 0) is 16.8 Å². The molecule has 25 heavy (non-hydrogen) atoms. The summed E-state index contributed by atoms with van der Waals surface area (Å²) in [5.41, 5.74) is 0.529. The molecule has 0 aliphatic heterocycles. The fourth-order valence-corrected chi connectivity index (χ4v) is 2.81. The number of para-hydroxylation sites is 1. The smallest absolute Gasteiger partial charge is 0.233 e. The van der Waals surface area contributed by atoms with Crippen LogP contribution in [0.1, 0.15) is 25.0 Å². The number of rotatable bonds is 7. The third kappa shape index (κ3) is 4.37. The molecular weight excluding hydrogens is 321 g/mol. The fraction of sp³-hybridized carbons (Fsp3) is 0.350. The van der Waals surface area contributed by atoms with Gasteiger partial charge in [-0.2, -0.15) is 0 Å². The second kappa shape index (κ2) is 8.12. The Balaban J connectivity index is 2.30. The molecule has 0 aliphatic carbocycles. The molecule has 0 aromatic heterocycles. The average Bonchev–Trinajstić information content (AvgIpc) is 2.61. The number of aliphatic hydroxyl groups excluding tert-OH is 1. The maximum Gasteiger partial charge on any atom is 0.233 e. The first kappa shape index (κ1) is 18.9. The summed E-state index contributed by atoms with van der Waals surface area (Å²) >= 11 is 0. The van der Waals surface area contributed by atoms with Crippen molar-refractivity contribution >= 4 is 5.91 Å². The minimum Gasteiger partial charge on any atom is -0.496 e. The van der Waals surface area contributed by atoms with E-state index in [1.165, 1.54) is 12.1 Å². The van der Waals surface area contributed by atoms with Gasteiger partial charge in [-0.15, -0.1) is 0 Å². The number of hydrogen-bond donors (Lipinski definition) is 1. The predicted molar refractivity (Wildman–Crippen MR) is 94.9 cm³/mol. The summed E-state index contributed by atoms with van der Waals surface area (Å²) in [7, 11) is 1.58. The molecule has 4 nitrogen and oxygen atoms in total. The molecule has 2 rings (SSSR count). The summed E-state index contributed by atoms with van der Waals surface area (Å²) in [6, 6.07) is 13.5. The first-order chi connectivity index (χ1) is 11.9. The summed E-state index contributed by atoms with van der Waals surface area (Å²) < 4.78 is 18.9. The molecule has 0 fully saturated rings. The van der Waals surface area contributed by atoms with Gasteiger partial charge in [-0.1, -0.05) is 30.3 Å². The molecule has 0 saturated carbocycles. The van der Waals surface area contributed by atoms with Gasteiger partial charge in [0.1, 0.15) is 11.6 Å². The molecule has 0 unspecified atom stereocenters. The maximum atomic E-state index is 13.6. The van der Waals surface area contributed by atoms with E-state index in [0.29, 0.717) is 17.9 Å². The van der Waals surface area contributed by atoms with Gasteiger partial charge in [0, 0.05) is 18.7 Å². The van der Waals surface area contributed by atoms with Crippen LogP contribution in [0.25, 0.3) is 0 Å². The highest BCUT2D eigenvalue weighted by molar-refractivity contribution is 5.87. The minimum absolute atomic E-state index is 0.153. The summed E-state index contributed by atoms with van der Waals surface area (Å²) in [4.78, 5) is 14.7. The second-order valence-corrected chi connectivity index (χ2v) is 6.40. The first-order valence-electron chi connectivity index (χ1n) is 8.18. The number of methoxy groups -OCH3 is 1. The molecule has 0 bridgehead atoms. The number of halogens is 1. The molecule has 0 heterocycles. The van der Waals surface area contributed by atoms with Crippen LogP contribution in [0.2, 0.25) is 0 Å². The van der Waals surface area contributed by atoms with Crippen LogP contribution in [0, 0.1) is 5.82 Å². The molecule has 0 atom stereocenters. The minimum atomic E-state index is -0.917.